The van der Waals surface area contributed by atoms with E-state index in [-0.39, 0.29) is 6.73 Å². The highest BCUT2D eigenvalue weighted by Crippen LogP contribution is 2.10. The van der Waals surface area contributed by atoms with E-state index in [0.29, 0.717) is 5.88 Å². The fraction of sp³-hybridized carbons (Fsp3) is 0.333. The van der Waals surface area contributed by atoms with Gasteiger partial charge in [0.25, 0.3) is 0 Å². The van der Waals surface area contributed by atoms with Crippen molar-refractivity contribution in [3.63, 3.8) is 0 Å². The summed E-state index contributed by atoms with van der Waals surface area (Å²) in [6.45, 7) is 1.76. The number of anilines is 1. The molecule has 0 saturated carbocycles. The first kappa shape index (κ1) is 6.16. The standard InChI is InChI=1S/C6H9NO2/c1-5-2-3-6(9-5)7-4-8/h2-3,7-8H,4H2,1H3. The van der Waals surface area contributed by atoms with Gasteiger partial charge in [-0.1, -0.05) is 0 Å². The summed E-state index contributed by atoms with van der Waals surface area (Å²) in [6, 6.07) is 3.60. The van der Waals surface area contributed by atoms with E-state index in [4.69, 9.17) is 9.52 Å². The van der Waals surface area contributed by atoms with Crippen LogP contribution in [0.1, 0.15) is 5.76 Å². The molecule has 0 amide bonds. The molecule has 0 saturated heterocycles. The van der Waals surface area contributed by atoms with E-state index in [1.807, 2.05) is 13.0 Å². The van der Waals surface area contributed by atoms with Gasteiger partial charge in [-0.25, -0.2) is 0 Å². The molecule has 3 nitrogen and oxygen atoms in total. The summed E-state index contributed by atoms with van der Waals surface area (Å²) in [5.41, 5.74) is 0. The molecule has 1 aromatic heterocycles. The number of hydrogen-bond donors (Lipinski definition) is 2. The minimum Gasteiger partial charge on any atom is -0.446 e. The van der Waals surface area contributed by atoms with Gasteiger partial charge in [0.2, 0.25) is 0 Å². The van der Waals surface area contributed by atoms with E-state index >= 15 is 0 Å². The number of hydrogen-bond acceptors (Lipinski definition) is 3. The van der Waals surface area contributed by atoms with Crippen molar-refractivity contribution in [3.8, 4) is 0 Å². The number of rotatable bonds is 2. The smallest absolute Gasteiger partial charge is 0.194 e. The maximum atomic E-state index is 8.36. The molecule has 0 aliphatic rings. The van der Waals surface area contributed by atoms with Crippen LogP contribution in [0, 0.1) is 6.92 Å². The zero-order valence-electron chi connectivity index (χ0n) is 5.22. The van der Waals surface area contributed by atoms with E-state index in [9.17, 15) is 0 Å². The SMILES string of the molecule is Cc1ccc(NCO)o1. The Morgan fingerprint density at radius 1 is 1.67 bits per heavy atom. The lowest BCUT2D eigenvalue weighted by atomic mass is 10.5. The minimum absolute atomic E-state index is 0.0903. The van der Waals surface area contributed by atoms with Gasteiger partial charge in [0, 0.05) is 6.07 Å². The largest absolute Gasteiger partial charge is 0.446 e. The number of aliphatic hydroxyl groups excluding tert-OH is 1. The second-order valence-corrected chi connectivity index (χ2v) is 1.75. The monoisotopic (exact) mass is 127 g/mol. The first-order chi connectivity index (χ1) is 4.33. The predicted octanol–water partition coefficient (Wildman–Crippen LogP) is 0.950. The average Bonchev–Trinajstić information content (AvgIpc) is 2.17. The lowest BCUT2D eigenvalue weighted by Gasteiger charge is -1.93. The van der Waals surface area contributed by atoms with Gasteiger partial charge in [-0.2, -0.15) is 0 Å². The van der Waals surface area contributed by atoms with Crippen LogP contribution in [0.3, 0.4) is 0 Å². The predicted molar refractivity (Wildman–Crippen MR) is 34.2 cm³/mol. The molecule has 1 aromatic rings. The second-order valence-electron chi connectivity index (χ2n) is 1.75. The van der Waals surface area contributed by atoms with Crippen molar-refractivity contribution >= 4 is 5.88 Å². The molecule has 0 unspecified atom stereocenters. The molecule has 0 bridgehead atoms. The molecule has 0 spiro atoms. The first-order valence-corrected chi connectivity index (χ1v) is 2.74. The molecule has 3 heteroatoms. The van der Waals surface area contributed by atoms with Gasteiger partial charge in [-0.3, -0.25) is 0 Å². The lowest BCUT2D eigenvalue weighted by molar-refractivity contribution is 0.320. The third-order valence-corrected chi connectivity index (χ3v) is 0.994. The van der Waals surface area contributed by atoms with Crippen LogP contribution in [0.5, 0.6) is 0 Å². The molecule has 0 radical (unpaired) electrons. The number of aryl methyl sites for hydroxylation is 1. The van der Waals surface area contributed by atoms with Gasteiger partial charge in [-0.05, 0) is 13.0 Å². The lowest BCUT2D eigenvalue weighted by Crippen LogP contribution is -1.96. The van der Waals surface area contributed by atoms with Gasteiger partial charge in [0.15, 0.2) is 5.88 Å². The van der Waals surface area contributed by atoms with Crippen LogP contribution < -0.4 is 5.32 Å². The fourth-order valence-electron chi connectivity index (χ4n) is 0.607. The van der Waals surface area contributed by atoms with Gasteiger partial charge in [0.1, 0.15) is 12.5 Å². The average molecular weight is 127 g/mol. The Balaban J connectivity index is 2.61. The maximum Gasteiger partial charge on any atom is 0.194 e. The summed E-state index contributed by atoms with van der Waals surface area (Å²) < 4.78 is 5.05. The quantitative estimate of drug-likeness (QED) is 0.581. The van der Waals surface area contributed by atoms with Crippen LogP contribution in [-0.4, -0.2) is 11.8 Å². The maximum absolute atomic E-state index is 8.36. The molecular weight excluding hydrogens is 118 g/mol. The summed E-state index contributed by atoms with van der Waals surface area (Å²) >= 11 is 0. The molecule has 9 heavy (non-hydrogen) atoms. The Morgan fingerprint density at radius 3 is 2.89 bits per heavy atom. The van der Waals surface area contributed by atoms with E-state index < -0.39 is 0 Å². The summed E-state index contributed by atoms with van der Waals surface area (Å²) in [4.78, 5) is 0. The van der Waals surface area contributed by atoms with Crippen LogP contribution in [0.2, 0.25) is 0 Å². The van der Waals surface area contributed by atoms with Crippen LogP contribution in [0.4, 0.5) is 5.88 Å². The Kier molecular flexibility index (Phi) is 1.75. The molecule has 0 atom stereocenters. The van der Waals surface area contributed by atoms with Crippen LogP contribution >= 0.6 is 0 Å². The molecule has 0 fully saturated rings. The second kappa shape index (κ2) is 2.55. The third-order valence-electron chi connectivity index (χ3n) is 0.994. The topological polar surface area (TPSA) is 45.4 Å². The van der Waals surface area contributed by atoms with Crippen molar-refractivity contribution in [3.05, 3.63) is 17.9 Å². The molecular formula is C6H9NO2. The highest BCUT2D eigenvalue weighted by Gasteiger charge is 1.92. The van der Waals surface area contributed by atoms with Gasteiger partial charge < -0.3 is 14.8 Å². The number of aliphatic hydroxyl groups is 1. The molecule has 2 N–H and O–H groups in total. The van der Waals surface area contributed by atoms with Crippen molar-refractivity contribution in [1.82, 2.24) is 0 Å². The summed E-state index contributed by atoms with van der Waals surface area (Å²) in [6.07, 6.45) is 0. The van der Waals surface area contributed by atoms with E-state index in [2.05, 4.69) is 5.32 Å². The van der Waals surface area contributed by atoms with Crippen molar-refractivity contribution < 1.29 is 9.52 Å². The highest BCUT2D eigenvalue weighted by atomic mass is 16.4. The van der Waals surface area contributed by atoms with Crippen molar-refractivity contribution in [1.29, 1.82) is 0 Å². The summed E-state index contributed by atoms with van der Waals surface area (Å²) in [5.74, 6) is 1.45. The summed E-state index contributed by atoms with van der Waals surface area (Å²) in [5, 5.41) is 11.0. The molecule has 0 aliphatic heterocycles. The molecule has 1 rings (SSSR count). The van der Waals surface area contributed by atoms with E-state index in [0.717, 1.165) is 5.76 Å². The number of furan rings is 1. The van der Waals surface area contributed by atoms with E-state index in [1.165, 1.54) is 0 Å². The number of nitrogens with one attached hydrogen (secondary N) is 1. The zero-order chi connectivity index (χ0) is 6.69. The highest BCUT2D eigenvalue weighted by molar-refractivity contribution is 5.30. The van der Waals surface area contributed by atoms with Crippen LogP contribution in [0.25, 0.3) is 0 Å². The Hall–Kier alpha value is -0.960. The Bertz CT molecular complexity index is 183. The molecule has 0 aromatic carbocycles. The fourth-order valence-corrected chi connectivity index (χ4v) is 0.607. The van der Waals surface area contributed by atoms with Crippen LogP contribution in [-0.2, 0) is 0 Å². The third kappa shape index (κ3) is 1.47. The van der Waals surface area contributed by atoms with Crippen molar-refractivity contribution in [2.45, 2.75) is 6.92 Å². The van der Waals surface area contributed by atoms with Crippen molar-refractivity contribution in [2.75, 3.05) is 12.0 Å². The van der Waals surface area contributed by atoms with Crippen molar-refractivity contribution in [2.24, 2.45) is 0 Å². The van der Waals surface area contributed by atoms with Gasteiger partial charge >= 0.3 is 0 Å². The van der Waals surface area contributed by atoms with E-state index in [1.54, 1.807) is 6.07 Å². The normalized spacial score (nSPS) is 9.56. The van der Waals surface area contributed by atoms with Gasteiger partial charge in [0.05, 0.1) is 0 Å². The van der Waals surface area contributed by atoms with Gasteiger partial charge in [-0.15, -0.1) is 0 Å². The molecule has 1 heterocycles. The minimum atomic E-state index is -0.0903. The molecule has 50 valence electrons. The zero-order valence-corrected chi connectivity index (χ0v) is 5.22. The molecule has 0 aliphatic carbocycles. The Morgan fingerprint density at radius 2 is 2.44 bits per heavy atom. The summed E-state index contributed by atoms with van der Waals surface area (Å²) in [7, 11) is 0. The Labute approximate surface area is 53.3 Å². The van der Waals surface area contributed by atoms with Crippen LogP contribution in [0.15, 0.2) is 16.5 Å². The first-order valence-electron chi connectivity index (χ1n) is 2.74.